The smallest absolute Gasteiger partial charge is 0.163 e. The molecule has 0 amide bonds. The van der Waals surface area contributed by atoms with Crippen LogP contribution in [0.2, 0.25) is 0 Å². The van der Waals surface area contributed by atoms with Gasteiger partial charge in [0.15, 0.2) is 5.78 Å². The number of fused-ring (bicyclic) bond motifs is 1. The summed E-state index contributed by atoms with van der Waals surface area (Å²) < 4.78 is 0. The van der Waals surface area contributed by atoms with Crippen LogP contribution in [-0.2, 0) is 4.79 Å². The second-order valence-corrected chi connectivity index (χ2v) is 8.69. The molecule has 1 aromatic carbocycles. The highest BCUT2D eigenvalue weighted by Crippen LogP contribution is 2.44. The zero-order valence-electron chi connectivity index (χ0n) is 17.3. The molecule has 0 N–H and O–H groups in total. The van der Waals surface area contributed by atoms with Gasteiger partial charge >= 0.3 is 0 Å². The van der Waals surface area contributed by atoms with E-state index < -0.39 is 0 Å². The minimum Gasteiger partial charge on any atom is -0.299 e. The minimum atomic E-state index is 0.155. The average Bonchev–Trinajstić information content (AvgIpc) is 2.75. The molecule has 3 unspecified atom stereocenters. The molecule has 0 saturated heterocycles. The number of hydrogen-bond acceptors (Lipinski definition) is 2. The third kappa shape index (κ3) is 4.92. The molecule has 150 valence electrons. The summed E-state index contributed by atoms with van der Waals surface area (Å²) in [5, 5.41) is 0. The lowest BCUT2D eigenvalue weighted by Crippen LogP contribution is -2.35. The molecule has 2 heteroatoms. The van der Waals surface area contributed by atoms with Crippen LogP contribution >= 0.6 is 0 Å². The lowest BCUT2D eigenvalue weighted by atomic mass is 9.64. The van der Waals surface area contributed by atoms with E-state index in [1.807, 2.05) is 31.2 Å². The Morgan fingerprint density at radius 1 is 0.964 bits per heavy atom. The topological polar surface area (TPSA) is 34.1 Å². The van der Waals surface area contributed by atoms with Crippen LogP contribution < -0.4 is 0 Å². The summed E-state index contributed by atoms with van der Waals surface area (Å²) in [6.07, 6.45) is 11.7. The van der Waals surface area contributed by atoms with Gasteiger partial charge in [-0.1, -0.05) is 62.9 Å². The first-order valence-corrected chi connectivity index (χ1v) is 11.1. The Labute approximate surface area is 170 Å². The third-order valence-electron chi connectivity index (χ3n) is 6.96. The molecule has 2 aliphatic carbocycles. The number of Topliss-reactive ketones (excluding diaryl/α,β-unsaturated/α-hetero) is 2. The van der Waals surface area contributed by atoms with Crippen molar-refractivity contribution in [1.82, 2.24) is 0 Å². The van der Waals surface area contributed by atoms with Gasteiger partial charge in [-0.3, -0.25) is 9.59 Å². The van der Waals surface area contributed by atoms with Crippen LogP contribution in [0.3, 0.4) is 0 Å². The van der Waals surface area contributed by atoms with Crippen molar-refractivity contribution in [3.63, 3.8) is 0 Å². The molecule has 0 heterocycles. The van der Waals surface area contributed by atoms with Crippen molar-refractivity contribution in [3.05, 3.63) is 47.7 Å². The molecule has 0 aliphatic heterocycles. The summed E-state index contributed by atoms with van der Waals surface area (Å²) in [7, 11) is 0. The first kappa shape index (κ1) is 20.8. The van der Waals surface area contributed by atoms with Gasteiger partial charge in [-0.05, 0) is 55.6 Å². The number of ketones is 2. The maximum atomic E-state index is 12.8. The highest BCUT2D eigenvalue weighted by Gasteiger charge is 2.37. The molecule has 0 radical (unpaired) electrons. The van der Waals surface area contributed by atoms with Gasteiger partial charge in [0.05, 0.1) is 0 Å². The van der Waals surface area contributed by atoms with Crippen LogP contribution in [0.15, 0.2) is 36.6 Å². The summed E-state index contributed by atoms with van der Waals surface area (Å²) >= 11 is 0. The molecular weight excluding hydrogens is 344 g/mol. The maximum Gasteiger partial charge on any atom is 0.163 e. The number of rotatable bonds is 8. The van der Waals surface area contributed by atoms with E-state index >= 15 is 0 Å². The van der Waals surface area contributed by atoms with Gasteiger partial charge in [-0.25, -0.2) is 0 Å². The maximum absolute atomic E-state index is 12.8. The summed E-state index contributed by atoms with van der Waals surface area (Å²) in [4.78, 5) is 25.5. The quantitative estimate of drug-likeness (QED) is 0.283. The Morgan fingerprint density at radius 3 is 2.43 bits per heavy atom. The Hall–Kier alpha value is -1.92. The number of hydrogen-bond donors (Lipinski definition) is 0. The number of carbonyl (C=O) groups excluding carboxylic acids is 2. The largest absolute Gasteiger partial charge is 0.299 e. The van der Waals surface area contributed by atoms with Crippen LogP contribution in [0.4, 0.5) is 0 Å². The second kappa shape index (κ2) is 10.0. The van der Waals surface area contributed by atoms with Crippen molar-refractivity contribution in [2.45, 2.75) is 77.6 Å². The van der Waals surface area contributed by atoms with Gasteiger partial charge in [-0.15, -0.1) is 5.73 Å². The van der Waals surface area contributed by atoms with E-state index in [2.05, 4.69) is 12.3 Å². The number of benzene rings is 1. The summed E-state index contributed by atoms with van der Waals surface area (Å²) in [6.45, 7) is 5.63. The zero-order chi connectivity index (χ0) is 19.9. The molecule has 1 aromatic rings. The third-order valence-corrected chi connectivity index (χ3v) is 6.96. The fraction of sp³-hybridized carbons (Fsp3) is 0.577. The molecule has 28 heavy (non-hydrogen) atoms. The van der Waals surface area contributed by atoms with E-state index in [-0.39, 0.29) is 5.78 Å². The highest BCUT2D eigenvalue weighted by atomic mass is 16.1. The molecular formula is C26H34O2. The first-order chi connectivity index (χ1) is 13.6. The van der Waals surface area contributed by atoms with Gasteiger partial charge in [0.25, 0.3) is 0 Å². The molecule has 3 atom stereocenters. The molecule has 3 rings (SSSR count). The van der Waals surface area contributed by atoms with Crippen LogP contribution in [0, 0.1) is 17.8 Å². The lowest BCUT2D eigenvalue weighted by Gasteiger charge is -2.40. The van der Waals surface area contributed by atoms with Gasteiger partial charge in [0.2, 0.25) is 0 Å². The van der Waals surface area contributed by atoms with Crippen molar-refractivity contribution < 1.29 is 9.59 Å². The molecule has 0 spiro atoms. The Bertz CT molecular complexity index is 751. The predicted octanol–water partition coefficient (Wildman–Crippen LogP) is 6.79. The Balaban J connectivity index is 1.49. The van der Waals surface area contributed by atoms with E-state index in [4.69, 9.17) is 0 Å². The molecule has 2 saturated carbocycles. The summed E-state index contributed by atoms with van der Waals surface area (Å²) in [6, 6.07) is 7.68. The molecule has 0 bridgehead atoms. The van der Waals surface area contributed by atoms with E-state index in [1.165, 1.54) is 38.5 Å². The molecule has 0 aromatic heterocycles. The lowest BCUT2D eigenvalue weighted by molar-refractivity contribution is -0.127. The SMILES string of the molecule is C=C=C(C)c1ccccc1C(=O)CCCCC(=O)C1CCCC2CCCCC21. The van der Waals surface area contributed by atoms with Crippen molar-refractivity contribution >= 4 is 17.1 Å². The normalized spacial score (nSPS) is 24.1. The fourth-order valence-corrected chi connectivity index (χ4v) is 5.39. The van der Waals surface area contributed by atoms with E-state index in [1.54, 1.807) is 0 Å². The number of carbonyl (C=O) groups is 2. The highest BCUT2D eigenvalue weighted by molar-refractivity contribution is 6.00. The minimum absolute atomic E-state index is 0.155. The van der Waals surface area contributed by atoms with Gasteiger partial charge in [0, 0.05) is 24.3 Å². The number of unbranched alkanes of at least 4 members (excludes halogenated alkanes) is 1. The fourth-order valence-electron chi connectivity index (χ4n) is 5.39. The monoisotopic (exact) mass is 378 g/mol. The van der Waals surface area contributed by atoms with Crippen molar-refractivity contribution in [1.29, 1.82) is 0 Å². The number of allylic oxidation sites excluding steroid dienone is 1. The van der Waals surface area contributed by atoms with Crippen LogP contribution in [-0.4, -0.2) is 11.6 Å². The molecule has 2 aliphatic rings. The summed E-state index contributed by atoms with van der Waals surface area (Å²) in [5.74, 6) is 2.38. The first-order valence-electron chi connectivity index (χ1n) is 11.1. The van der Waals surface area contributed by atoms with Gasteiger partial charge in [-0.2, -0.15) is 0 Å². The molecule has 2 nitrogen and oxygen atoms in total. The van der Waals surface area contributed by atoms with Crippen molar-refractivity contribution in [2.24, 2.45) is 17.8 Å². The standard InChI is InChI=1S/C26H34O2/c1-3-19(2)21-13-6-7-15-23(21)25(27)17-8-9-18-26(28)24-16-10-12-20-11-4-5-14-22(20)24/h6-7,13,15,20,22,24H,1,4-5,8-12,14,16-18H2,2H3. The van der Waals surface area contributed by atoms with Crippen LogP contribution in [0.25, 0.3) is 5.57 Å². The van der Waals surface area contributed by atoms with E-state index in [0.717, 1.165) is 41.9 Å². The molecule has 2 fully saturated rings. The van der Waals surface area contributed by atoms with Gasteiger partial charge in [0.1, 0.15) is 5.78 Å². The summed E-state index contributed by atoms with van der Waals surface area (Å²) in [5.41, 5.74) is 5.46. The van der Waals surface area contributed by atoms with E-state index in [9.17, 15) is 9.59 Å². The van der Waals surface area contributed by atoms with Gasteiger partial charge < -0.3 is 0 Å². The second-order valence-electron chi connectivity index (χ2n) is 8.69. The predicted molar refractivity (Wildman–Crippen MR) is 115 cm³/mol. The van der Waals surface area contributed by atoms with Crippen molar-refractivity contribution in [3.8, 4) is 0 Å². The Kier molecular flexibility index (Phi) is 7.45. The van der Waals surface area contributed by atoms with Crippen LogP contribution in [0.5, 0.6) is 0 Å². The Morgan fingerprint density at radius 2 is 1.64 bits per heavy atom. The zero-order valence-corrected chi connectivity index (χ0v) is 17.3. The van der Waals surface area contributed by atoms with Crippen molar-refractivity contribution in [2.75, 3.05) is 0 Å². The van der Waals surface area contributed by atoms with E-state index in [0.29, 0.717) is 30.5 Å². The average molecular weight is 379 g/mol. The van der Waals surface area contributed by atoms with Crippen LogP contribution in [0.1, 0.15) is 93.5 Å².